The van der Waals surface area contributed by atoms with Crippen LogP contribution < -0.4 is 20.1 Å². The van der Waals surface area contributed by atoms with Gasteiger partial charge < -0.3 is 25.2 Å². The number of amides is 1. The molecule has 0 radical (unpaired) electrons. The molecule has 4 rings (SSSR count). The molecule has 3 heterocycles. The summed E-state index contributed by atoms with van der Waals surface area (Å²) in [6.45, 7) is 2.62. The van der Waals surface area contributed by atoms with E-state index in [9.17, 15) is 9.90 Å². The molecular weight excluding hydrogens is 466 g/mol. The number of aliphatic hydroxyl groups excluding tert-OH is 1. The number of benzene rings is 1. The summed E-state index contributed by atoms with van der Waals surface area (Å²) in [4.78, 5) is 27.2. The number of nitrogens with zero attached hydrogens (tertiary/aromatic N) is 3. The highest BCUT2D eigenvalue weighted by Gasteiger charge is 2.20. The maximum atomic E-state index is 12.9. The summed E-state index contributed by atoms with van der Waals surface area (Å²) in [5, 5.41) is 17.2. The second-order valence-electron chi connectivity index (χ2n) is 7.81. The number of aryl methyl sites for hydroxylation is 1. The van der Waals surface area contributed by atoms with Crippen molar-refractivity contribution in [3.05, 3.63) is 71.1 Å². The van der Waals surface area contributed by atoms with Crippen molar-refractivity contribution in [3.8, 4) is 11.5 Å². The normalized spacial score (nSPS) is 11.7. The molecule has 0 aliphatic rings. The molecule has 0 aliphatic carbocycles. The van der Waals surface area contributed by atoms with Crippen molar-refractivity contribution >= 4 is 33.3 Å². The molecule has 0 bridgehead atoms. The van der Waals surface area contributed by atoms with Crippen LogP contribution in [-0.4, -0.2) is 58.9 Å². The summed E-state index contributed by atoms with van der Waals surface area (Å²) < 4.78 is 10.8. The number of aliphatic hydroxyl groups is 1. The molecule has 4 aromatic rings. The Morgan fingerprint density at radius 1 is 1.14 bits per heavy atom. The van der Waals surface area contributed by atoms with E-state index in [1.54, 1.807) is 31.5 Å². The van der Waals surface area contributed by atoms with Gasteiger partial charge in [-0.15, -0.1) is 11.3 Å². The van der Waals surface area contributed by atoms with Crippen molar-refractivity contribution in [1.82, 2.24) is 20.3 Å². The molecule has 0 fully saturated rings. The number of fused-ring (bicyclic) bond motifs is 1. The summed E-state index contributed by atoms with van der Waals surface area (Å²) in [5.41, 5.74) is 1.78. The number of ether oxygens (including phenoxy) is 2. The van der Waals surface area contributed by atoms with Crippen LogP contribution in [0.25, 0.3) is 10.2 Å². The van der Waals surface area contributed by atoms with Gasteiger partial charge in [-0.2, -0.15) is 0 Å². The second-order valence-corrected chi connectivity index (χ2v) is 8.81. The van der Waals surface area contributed by atoms with Crippen molar-refractivity contribution in [2.24, 2.45) is 0 Å². The number of methoxy groups -OCH3 is 1. The fraction of sp³-hybridized carbons (Fsp3) is 0.280. The molecule has 10 heteroatoms. The molecule has 1 amide bonds. The molecule has 3 N–H and O–H groups in total. The standard InChI is InChI=1S/C25H27N5O4S/c1-16-21-23(27-11-9-17-6-3-4-10-26-17)29-15-30-25(21)35-22(16)24(32)28-13-18(31)14-34-20-8-5-7-19(12-20)33-2/h3-8,10,12,15,18,31H,9,11,13-14H2,1-2H3,(H,28,32)(H,27,29,30). The molecule has 35 heavy (non-hydrogen) atoms. The van der Waals surface area contributed by atoms with E-state index in [4.69, 9.17) is 9.47 Å². The van der Waals surface area contributed by atoms with Crippen LogP contribution in [0.4, 0.5) is 5.82 Å². The summed E-state index contributed by atoms with van der Waals surface area (Å²) >= 11 is 1.30. The Bertz CT molecular complexity index is 1280. The first kappa shape index (κ1) is 24.4. The first-order valence-corrected chi connectivity index (χ1v) is 12.0. The van der Waals surface area contributed by atoms with Gasteiger partial charge in [0.25, 0.3) is 5.91 Å². The maximum absolute atomic E-state index is 12.9. The molecule has 3 aromatic heterocycles. The highest BCUT2D eigenvalue weighted by Crippen LogP contribution is 2.33. The lowest BCUT2D eigenvalue weighted by Crippen LogP contribution is -2.35. The van der Waals surface area contributed by atoms with Crippen LogP contribution in [0.1, 0.15) is 20.9 Å². The Morgan fingerprint density at radius 3 is 2.80 bits per heavy atom. The second kappa shape index (κ2) is 11.6. The van der Waals surface area contributed by atoms with Gasteiger partial charge in [0.2, 0.25) is 0 Å². The summed E-state index contributed by atoms with van der Waals surface area (Å²) in [6.07, 6.45) is 3.14. The van der Waals surface area contributed by atoms with Gasteiger partial charge in [0, 0.05) is 37.5 Å². The maximum Gasteiger partial charge on any atom is 0.261 e. The average molecular weight is 494 g/mol. The van der Waals surface area contributed by atoms with Gasteiger partial charge in [0.1, 0.15) is 41.2 Å². The highest BCUT2D eigenvalue weighted by atomic mass is 32.1. The lowest BCUT2D eigenvalue weighted by atomic mass is 10.2. The molecule has 0 saturated carbocycles. The van der Waals surface area contributed by atoms with Gasteiger partial charge in [-0.25, -0.2) is 9.97 Å². The highest BCUT2D eigenvalue weighted by molar-refractivity contribution is 7.20. The van der Waals surface area contributed by atoms with Crippen LogP contribution in [0.15, 0.2) is 55.0 Å². The van der Waals surface area contributed by atoms with E-state index in [-0.39, 0.29) is 19.1 Å². The number of pyridine rings is 1. The first-order chi connectivity index (χ1) is 17.0. The Labute approximate surface area is 207 Å². The molecule has 1 aromatic carbocycles. The van der Waals surface area contributed by atoms with Crippen LogP contribution in [0.2, 0.25) is 0 Å². The quantitative estimate of drug-likeness (QED) is 0.291. The number of nitrogens with one attached hydrogen (secondary N) is 2. The SMILES string of the molecule is COc1cccc(OCC(O)CNC(=O)c2sc3ncnc(NCCc4ccccn4)c3c2C)c1. The Balaban J connectivity index is 1.35. The predicted molar refractivity (Wildman–Crippen MR) is 135 cm³/mol. The van der Waals surface area contributed by atoms with Crippen LogP contribution >= 0.6 is 11.3 Å². The third kappa shape index (κ3) is 6.23. The van der Waals surface area contributed by atoms with Crippen molar-refractivity contribution in [3.63, 3.8) is 0 Å². The lowest BCUT2D eigenvalue weighted by Gasteiger charge is -2.13. The summed E-state index contributed by atoms with van der Waals surface area (Å²) in [6, 6.07) is 12.9. The monoisotopic (exact) mass is 493 g/mol. The van der Waals surface area contributed by atoms with Gasteiger partial charge in [-0.05, 0) is 36.8 Å². The van der Waals surface area contributed by atoms with Crippen molar-refractivity contribution in [1.29, 1.82) is 0 Å². The molecule has 0 spiro atoms. The molecule has 182 valence electrons. The van der Waals surface area contributed by atoms with Crippen molar-refractivity contribution in [2.75, 3.05) is 32.1 Å². The minimum atomic E-state index is -0.872. The zero-order valence-electron chi connectivity index (χ0n) is 19.5. The number of carbonyl (C=O) groups excluding carboxylic acids is 1. The Hall–Kier alpha value is -3.76. The van der Waals surface area contributed by atoms with Crippen LogP contribution in [0.5, 0.6) is 11.5 Å². The van der Waals surface area contributed by atoms with Gasteiger partial charge >= 0.3 is 0 Å². The zero-order valence-corrected chi connectivity index (χ0v) is 20.3. The molecular formula is C25H27N5O4S. The van der Waals surface area contributed by atoms with Crippen molar-refractivity contribution < 1.29 is 19.4 Å². The van der Waals surface area contributed by atoms with Crippen LogP contribution in [0, 0.1) is 6.92 Å². The number of aromatic nitrogens is 3. The van der Waals surface area contributed by atoms with Crippen LogP contribution in [-0.2, 0) is 6.42 Å². The van der Waals surface area contributed by atoms with E-state index in [0.717, 1.165) is 27.9 Å². The third-order valence-corrected chi connectivity index (χ3v) is 6.51. The van der Waals surface area contributed by atoms with E-state index in [1.165, 1.54) is 17.7 Å². The largest absolute Gasteiger partial charge is 0.497 e. The lowest BCUT2D eigenvalue weighted by molar-refractivity contribution is 0.0846. The number of anilines is 1. The number of rotatable bonds is 11. The van der Waals surface area contributed by atoms with E-state index < -0.39 is 6.10 Å². The minimum Gasteiger partial charge on any atom is -0.497 e. The molecule has 1 unspecified atom stereocenters. The molecule has 1 atom stereocenters. The average Bonchev–Trinajstić information content (AvgIpc) is 3.24. The molecule has 9 nitrogen and oxygen atoms in total. The van der Waals surface area contributed by atoms with Gasteiger partial charge in [0.05, 0.1) is 17.4 Å². The first-order valence-electron chi connectivity index (χ1n) is 11.2. The fourth-order valence-corrected chi connectivity index (χ4v) is 4.58. The number of hydrogen-bond donors (Lipinski definition) is 3. The van der Waals surface area contributed by atoms with E-state index in [1.807, 2.05) is 31.2 Å². The fourth-order valence-electron chi connectivity index (χ4n) is 3.51. The Morgan fingerprint density at radius 2 is 2.00 bits per heavy atom. The smallest absolute Gasteiger partial charge is 0.261 e. The predicted octanol–water partition coefficient (Wildman–Crippen LogP) is 3.23. The zero-order chi connectivity index (χ0) is 24.6. The number of carbonyl (C=O) groups is 1. The topological polar surface area (TPSA) is 118 Å². The van der Waals surface area contributed by atoms with Gasteiger partial charge in [-0.3, -0.25) is 9.78 Å². The molecule has 0 aliphatic heterocycles. The minimum absolute atomic E-state index is 0.0364. The number of hydrogen-bond acceptors (Lipinski definition) is 9. The summed E-state index contributed by atoms with van der Waals surface area (Å²) in [7, 11) is 1.58. The van der Waals surface area contributed by atoms with Crippen LogP contribution in [0.3, 0.4) is 0 Å². The molecule has 0 saturated heterocycles. The van der Waals surface area contributed by atoms with E-state index in [0.29, 0.717) is 28.7 Å². The number of thiophene rings is 1. The van der Waals surface area contributed by atoms with Gasteiger partial charge in [0.15, 0.2) is 0 Å². The van der Waals surface area contributed by atoms with Gasteiger partial charge in [-0.1, -0.05) is 12.1 Å². The van der Waals surface area contributed by atoms with E-state index in [2.05, 4.69) is 25.6 Å². The third-order valence-electron chi connectivity index (χ3n) is 5.31. The van der Waals surface area contributed by atoms with E-state index >= 15 is 0 Å². The Kier molecular flexibility index (Phi) is 8.07. The summed E-state index contributed by atoms with van der Waals surface area (Å²) in [5.74, 6) is 1.66. The van der Waals surface area contributed by atoms with Crippen molar-refractivity contribution in [2.45, 2.75) is 19.4 Å².